The Bertz CT molecular complexity index is 1010. The fraction of sp³-hybridized carbons (Fsp3) is 0.368. The van der Waals surface area contributed by atoms with Crippen molar-refractivity contribution in [3.8, 4) is 11.3 Å². The highest BCUT2D eigenvalue weighted by Gasteiger charge is 2.22. The SMILES string of the molecule is Cc1ccc(-c2noc(C)c2Cn2ncc(N3CC[C@H](O)C3)cc2=O)cn1. The van der Waals surface area contributed by atoms with Crippen molar-refractivity contribution in [1.82, 2.24) is 19.9 Å². The molecule has 3 aromatic rings. The van der Waals surface area contributed by atoms with Gasteiger partial charge in [-0.1, -0.05) is 5.16 Å². The van der Waals surface area contributed by atoms with Crippen LogP contribution in [0.2, 0.25) is 0 Å². The number of anilines is 1. The number of aliphatic hydroxyl groups is 1. The molecule has 1 fully saturated rings. The van der Waals surface area contributed by atoms with Gasteiger partial charge in [-0.05, 0) is 32.4 Å². The highest BCUT2D eigenvalue weighted by molar-refractivity contribution is 5.62. The van der Waals surface area contributed by atoms with Crippen molar-refractivity contribution in [3.05, 3.63) is 58.0 Å². The third-order valence-corrected chi connectivity index (χ3v) is 4.86. The normalized spacial score (nSPS) is 16.9. The summed E-state index contributed by atoms with van der Waals surface area (Å²) in [6, 6.07) is 5.40. The Kier molecular flexibility index (Phi) is 4.49. The van der Waals surface area contributed by atoms with Crippen LogP contribution in [0.25, 0.3) is 11.3 Å². The molecule has 1 N–H and O–H groups in total. The number of pyridine rings is 1. The summed E-state index contributed by atoms with van der Waals surface area (Å²) in [5, 5.41) is 18.1. The van der Waals surface area contributed by atoms with Crippen LogP contribution in [0.1, 0.15) is 23.4 Å². The summed E-state index contributed by atoms with van der Waals surface area (Å²) >= 11 is 0. The Balaban J connectivity index is 1.62. The number of hydrogen-bond donors (Lipinski definition) is 1. The zero-order valence-electron chi connectivity index (χ0n) is 15.3. The molecule has 27 heavy (non-hydrogen) atoms. The van der Waals surface area contributed by atoms with E-state index in [1.165, 1.54) is 4.68 Å². The number of β-amino-alcohol motifs (C(OH)–C–C–N with tert-alkyl or cyclic N) is 1. The van der Waals surface area contributed by atoms with E-state index in [1.807, 2.05) is 30.9 Å². The van der Waals surface area contributed by atoms with Gasteiger partial charge in [0.15, 0.2) is 0 Å². The number of rotatable bonds is 4. The Hall–Kier alpha value is -3.00. The maximum Gasteiger partial charge on any atom is 0.269 e. The molecule has 3 aromatic heterocycles. The summed E-state index contributed by atoms with van der Waals surface area (Å²) in [7, 11) is 0. The summed E-state index contributed by atoms with van der Waals surface area (Å²) in [4.78, 5) is 18.8. The van der Waals surface area contributed by atoms with Gasteiger partial charge in [0.05, 0.1) is 24.5 Å². The van der Waals surface area contributed by atoms with Crippen LogP contribution >= 0.6 is 0 Å². The first-order chi connectivity index (χ1) is 13.0. The predicted molar refractivity (Wildman–Crippen MR) is 99.6 cm³/mol. The van der Waals surface area contributed by atoms with Gasteiger partial charge in [-0.2, -0.15) is 5.10 Å². The maximum absolute atomic E-state index is 12.6. The molecule has 0 bridgehead atoms. The van der Waals surface area contributed by atoms with Gasteiger partial charge in [0.25, 0.3) is 5.56 Å². The third-order valence-electron chi connectivity index (χ3n) is 4.86. The summed E-state index contributed by atoms with van der Waals surface area (Å²) in [5.41, 5.74) is 3.75. The van der Waals surface area contributed by atoms with E-state index in [9.17, 15) is 9.90 Å². The lowest BCUT2D eigenvalue weighted by molar-refractivity contribution is 0.198. The fourth-order valence-corrected chi connectivity index (χ4v) is 3.25. The quantitative estimate of drug-likeness (QED) is 0.747. The van der Waals surface area contributed by atoms with Gasteiger partial charge >= 0.3 is 0 Å². The lowest BCUT2D eigenvalue weighted by Crippen LogP contribution is -2.27. The minimum Gasteiger partial charge on any atom is -0.391 e. The molecule has 8 heteroatoms. The van der Waals surface area contributed by atoms with Gasteiger partial charge in [0.2, 0.25) is 0 Å². The second-order valence-electron chi connectivity index (χ2n) is 6.85. The molecule has 0 aromatic carbocycles. The zero-order chi connectivity index (χ0) is 19.0. The molecule has 1 aliphatic heterocycles. The molecule has 0 radical (unpaired) electrons. The lowest BCUT2D eigenvalue weighted by atomic mass is 10.1. The maximum atomic E-state index is 12.6. The number of aliphatic hydroxyl groups excluding tert-OH is 1. The molecule has 1 aliphatic rings. The van der Waals surface area contributed by atoms with Crippen LogP contribution in [0.5, 0.6) is 0 Å². The van der Waals surface area contributed by atoms with Gasteiger partial charge in [-0.3, -0.25) is 9.78 Å². The highest BCUT2D eigenvalue weighted by atomic mass is 16.5. The summed E-state index contributed by atoms with van der Waals surface area (Å²) in [5.74, 6) is 0.644. The number of nitrogens with zero attached hydrogens (tertiary/aromatic N) is 5. The van der Waals surface area contributed by atoms with Gasteiger partial charge in [-0.15, -0.1) is 0 Å². The summed E-state index contributed by atoms with van der Waals surface area (Å²) < 4.78 is 6.74. The van der Waals surface area contributed by atoms with Crippen LogP contribution in [0.4, 0.5) is 5.69 Å². The Morgan fingerprint density at radius 3 is 2.81 bits per heavy atom. The fourth-order valence-electron chi connectivity index (χ4n) is 3.25. The van der Waals surface area contributed by atoms with Crippen LogP contribution in [-0.2, 0) is 6.54 Å². The van der Waals surface area contributed by atoms with Crippen LogP contribution in [-0.4, -0.2) is 44.2 Å². The smallest absolute Gasteiger partial charge is 0.269 e. The molecule has 140 valence electrons. The second kappa shape index (κ2) is 6.96. The van der Waals surface area contributed by atoms with E-state index >= 15 is 0 Å². The first-order valence-corrected chi connectivity index (χ1v) is 8.89. The van der Waals surface area contributed by atoms with Crippen LogP contribution < -0.4 is 10.5 Å². The van der Waals surface area contributed by atoms with Gasteiger partial charge in [-0.25, -0.2) is 4.68 Å². The molecule has 0 aliphatic carbocycles. The van der Waals surface area contributed by atoms with Gasteiger partial charge in [0.1, 0.15) is 11.5 Å². The number of aryl methyl sites for hydroxylation is 2. The second-order valence-corrected chi connectivity index (χ2v) is 6.85. The summed E-state index contributed by atoms with van der Waals surface area (Å²) in [6.45, 7) is 5.25. The third kappa shape index (κ3) is 3.48. The van der Waals surface area contributed by atoms with E-state index in [0.29, 0.717) is 24.4 Å². The van der Waals surface area contributed by atoms with Crippen molar-refractivity contribution in [2.45, 2.75) is 32.9 Å². The molecular formula is C19H21N5O3. The van der Waals surface area contributed by atoms with Crippen molar-refractivity contribution in [1.29, 1.82) is 0 Å². The average Bonchev–Trinajstić information content (AvgIpc) is 3.24. The van der Waals surface area contributed by atoms with Crippen LogP contribution in [0, 0.1) is 13.8 Å². The molecule has 0 saturated carbocycles. The minimum atomic E-state index is -0.349. The van der Waals surface area contributed by atoms with E-state index in [0.717, 1.165) is 29.1 Å². The van der Waals surface area contributed by atoms with Crippen molar-refractivity contribution >= 4 is 5.69 Å². The van der Waals surface area contributed by atoms with Gasteiger partial charge < -0.3 is 14.5 Å². The predicted octanol–water partition coefficient (Wildman–Crippen LogP) is 1.53. The van der Waals surface area contributed by atoms with Crippen LogP contribution in [0.15, 0.2) is 39.9 Å². The van der Waals surface area contributed by atoms with Crippen molar-refractivity contribution < 1.29 is 9.63 Å². The van der Waals surface area contributed by atoms with E-state index in [-0.39, 0.29) is 18.2 Å². The van der Waals surface area contributed by atoms with Crippen LogP contribution in [0.3, 0.4) is 0 Å². The molecule has 0 spiro atoms. The first kappa shape index (κ1) is 17.4. The van der Waals surface area contributed by atoms with Crippen molar-refractivity contribution in [2.24, 2.45) is 0 Å². The van der Waals surface area contributed by atoms with E-state index in [4.69, 9.17) is 4.52 Å². The molecule has 1 atom stereocenters. The Morgan fingerprint density at radius 1 is 1.30 bits per heavy atom. The molecule has 1 saturated heterocycles. The lowest BCUT2D eigenvalue weighted by Gasteiger charge is -2.17. The average molecular weight is 367 g/mol. The monoisotopic (exact) mass is 367 g/mol. The number of aromatic nitrogens is 4. The molecule has 4 heterocycles. The van der Waals surface area contributed by atoms with E-state index in [2.05, 4.69) is 15.2 Å². The Morgan fingerprint density at radius 2 is 2.15 bits per heavy atom. The summed E-state index contributed by atoms with van der Waals surface area (Å²) in [6.07, 6.45) is 3.76. The molecule has 4 rings (SSSR count). The zero-order valence-corrected chi connectivity index (χ0v) is 15.3. The molecule has 8 nitrogen and oxygen atoms in total. The van der Waals surface area contributed by atoms with E-state index < -0.39 is 0 Å². The first-order valence-electron chi connectivity index (χ1n) is 8.89. The largest absolute Gasteiger partial charge is 0.391 e. The molecular weight excluding hydrogens is 346 g/mol. The van der Waals surface area contributed by atoms with Gasteiger partial charge in [0, 0.05) is 42.2 Å². The Labute approximate surface area is 156 Å². The van der Waals surface area contributed by atoms with Crippen molar-refractivity contribution in [3.63, 3.8) is 0 Å². The minimum absolute atomic E-state index is 0.206. The number of hydrogen-bond acceptors (Lipinski definition) is 7. The standard InChI is InChI=1S/C19H21N5O3/c1-12-3-4-14(8-20-12)19-17(13(2)27-22-19)11-24-18(26)7-15(9-21-24)23-6-5-16(25)10-23/h3-4,7-9,16,25H,5-6,10-11H2,1-2H3/t16-/m0/s1. The van der Waals surface area contributed by atoms with E-state index in [1.54, 1.807) is 18.5 Å². The molecule has 0 amide bonds. The highest BCUT2D eigenvalue weighted by Crippen LogP contribution is 2.25. The topological polar surface area (TPSA) is 97.3 Å². The van der Waals surface area contributed by atoms with Crippen molar-refractivity contribution in [2.75, 3.05) is 18.0 Å². The molecule has 0 unspecified atom stereocenters.